The maximum absolute atomic E-state index is 12.5. The van der Waals surface area contributed by atoms with E-state index in [9.17, 15) is 4.79 Å². The molecule has 26 heavy (non-hydrogen) atoms. The molecule has 1 atom stereocenters. The summed E-state index contributed by atoms with van der Waals surface area (Å²) in [6, 6.07) is 10.8. The van der Waals surface area contributed by atoms with Crippen molar-refractivity contribution in [2.24, 2.45) is 5.92 Å². The molecule has 0 aliphatic carbocycles. The normalized spacial score (nSPS) is 22.3. The van der Waals surface area contributed by atoms with E-state index in [-0.39, 0.29) is 6.03 Å². The Labute approximate surface area is 157 Å². The van der Waals surface area contributed by atoms with Crippen molar-refractivity contribution in [3.8, 4) is 0 Å². The predicted octanol–water partition coefficient (Wildman–Crippen LogP) is 2.93. The summed E-state index contributed by atoms with van der Waals surface area (Å²) in [6.07, 6.45) is 4.55. The Balaban J connectivity index is 1.38. The average molecular weight is 360 g/mol. The summed E-state index contributed by atoms with van der Waals surface area (Å²) in [4.78, 5) is 17.0. The average Bonchev–Trinajstić information content (AvgIpc) is 2.71. The number of ether oxygens (including phenoxy) is 1. The Hall–Kier alpha value is -1.59. The molecule has 0 bridgehead atoms. The fraction of sp³-hybridized carbons (Fsp3) is 0.667. The molecule has 2 aliphatic heterocycles. The number of amides is 2. The van der Waals surface area contributed by atoms with Gasteiger partial charge >= 0.3 is 6.03 Å². The zero-order valence-corrected chi connectivity index (χ0v) is 16.0. The molecule has 1 N–H and O–H groups in total. The van der Waals surface area contributed by atoms with Gasteiger partial charge in [0.15, 0.2) is 0 Å². The van der Waals surface area contributed by atoms with Crippen LogP contribution in [-0.2, 0) is 4.74 Å². The van der Waals surface area contributed by atoms with E-state index in [2.05, 4.69) is 40.5 Å². The summed E-state index contributed by atoms with van der Waals surface area (Å²) in [5.41, 5.74) is 1.41. The van der Waals surface area contributed by atoms with Gasteiger partial charge in [0, 0.05) is 39.8 Å². The maximum Gasteiger partial charge on any atom is 0.317 e. The molecule has 0 aromatic heterocycles. The molecule has 0 radical (unpaired) electrons. The van der Waals surface area contributed by atoms with Gasteiger partial charge in [-0.15, -0.1) is 0 Å². The molecule has 2 fully saturated rings. The highest BCUT2D eigenvalue weighted by Crippen LogP contribution is 2.27. The maximum atomic E-state index is 12.5. The fourth-order valence-electron chi connectivity index (χ4n) is 4.23. The largest absolute Gasteiger partial charge is 0.383 e. The second-order valence-corrected chi connectivity index (χ2v) is 7.66. The van der Waals surface area contributed by atoms with Crippen LogP contribution < -0.4 is 5.32 Å². The van der Waals surface area contributed by atoms with Gasteiger partial charge in [0.2, 0.25) is 0 Å². The van der Waals surface area contributed by atoms with E-state index in [0.29, 0.717) is 11.8 Å². The van der Waals surface area contributed by atoms with Crippen LogP contribution in [0.1, 0.15) is 37.2 Å². The van der Waals surface area contributed by atoms with E-state index < -0.39 is 0 Å². The van der Waals surface area contributed by atoms with E-state index in [1.54, 1.807) is 7.11 Å². The zero-order valence-electron chi connectivity index (χ0n) is 16.0. The Bertz CT molecular complexity index is 543. The highest BCUT2D eigenvalue weighted by molar-refractivity contribution is 5.74. The van der Waals surface area contributed by atoms with Crippen LogP contribution in [0.3, 0.4) is 0 Å². The second kappa shape index (κ2) is 9.93. The van der Waals surface area contributed by atoms with Crippen LogP contribution in [0.25, 0.3) is 0 Å². The van der Waals surface area contributed by atoms with E-state index in [1.807, 2.05) is 4.90 Å². The smallest absolute Gasteiger partial charge is 0.317 e. The predicted molar refractivity (Wildman–Crippen MR) is 104 cm³/mol. The van der Waals surface area contributed by atoms with Crippen LogP contribution >= 0.6 is 0 Å². The van der Waals surface area contributed by atoms with Crippen LogP contribution in [0.15, 0.2) is 30.3 Å². The van der Waals surface area contributed by atoms with Gasteiger partial charge in [-0.25, -0.2) is 4.79 Å². The number of nitrogens with zero attached hydrogens (tertiary/aromatic N) is 2. The molecule has 1 aromatic rings. The van der Waals surface area contributed by atoms with Crippen molar-refractivity contribution in [2.45, 2.75) is 31.6 Å². The van der Waals surface area contributed by atoms with Crippen LogP contribution in [0.2, 0.25) is 0 Å². The van der Waals surface area contributed by atoms with Gasteiger partial charge in [-0.2, -0.15) is 0 Å². The minimum absolute atomic E-state index is 0.116. The number of carbonyl (C=O) groups excluding carboxylic acids is 1. The van der Waals surface area contributed by atoms with Gasteiger partial charge in [0.1, 0.15) is 0 Å². The van der Waals surface area contributed by atoms with E-state index in [0.717, 1.165) is 58.7 Å². The first-order valence-electron chi connectivity index (χ1n) is 10.0. The standard InChI is InChI=1S/C21H33N3O2/c1-26-15-14-23-11-5-6-18(17-23)16-22-21(25)24-12-9-20(10-13-24)19-7-3-2-4-8-19/h2-4,7-8,18,20H,5-6,9-17H2,1H3,(H,22,25)/t18-/m0/s1. The molecular formula is C21H33N3O2. The molecular weight excluding hydrogens is 326 g/mol. The lowest BCUT2D eigenvalue weighted by molar-refractivity contribution is 0.113. The van der Waals surface area contributed by atoms with Crippen molar-refractivity contribution in [3.63, 3.8) is 0 Å². The molecule has 3 rings (SSSR count). The van der Waals surface area contributed by atoms with Crippen molar-refractivity contribution in [3.05, 3.63) is 35.9 Å². The van der Waals surface area contributed by atoms with Crippen molar-refractivity contribution >= 4 is 6.03 Å². The van der Waals surface area contributed by atoms with E-state index >= 15 is 0 Å². The summed E-state index contributed by atoms with van der Waals surface area (Å²) in [7, 11) is 1.75. The number of hydrogen-bond acceptors (Lipinski definition) is 3. The number of methoxy groups -OCH3 is 1. The zero-order chi connectivity index (χ0) is 18.2. The lowest BCUT2D eigenvalue weighted by Crippen LogP contribution is -2.47. The molecule has 2 heterocycles. The third-order valence-corrected chi connectivity index (χ3v) is 5.81. The number of hydrogen-bond donors (Lipinski definition) is 1. The molecule has 0 spiro atoms. The number of carbonyl (C=O) groups is 1. The van der Waals surface area contributed by atoms with Gasteiger partial charge in [-0.3, -0.25) is 0 Å². The Kier molecular flexibility index (Phi) is 7.32. The molecule has 2 amide bonds. The fourth-order valence-corrected chi connectivity index (χ4v) is 4.23. The number of rotatable bonds is 6. The summed E-state index contributed by atoms with van der Waals surface area (Å²) in [5.74, 6) is 1.15. The summed E-state index contributed by atoms with van der Waals surface area (Å²) < 4.78 is 5.18. The van der Waals surface area contributed by atoms with Crippen molar-refractivity contribution in [1.29, 1.82) is 0 Å². The lowest BCUT2D eigenvalue weighted by atomic mass is 9.90. The monoisotopic (exact) mass is 359 g/mol. The van der Waals surface area contributed by atoms with Crippen molar-refractivity contribution in [1.82, 2.24) is 15.1 Å². The third kappa shape index (κ3) is 5.45. The Morgan fingerprint density at radius 3 is 2.65 bits per heavy atom. The highest BCUT2D eigenvalue weighted by atomic mass is 16.5. The molecule has 2 aliphatic rings. The third-order valence-electron chi connectivity index (χ3n) is 5.81. The Morgan fingerprint density at radius 2 is 1.92 bits per heavy atom. The Morgan fingerprint density at radius 1 is 1.15 bits per heavy atom. The minimum Gasteiger partial charge on any atom is -0.383 e. The molecule has 5 nitrogen and oxygen atoms in total. The van der Waals surface area contributed by atoms with E-state index in [1.165, 1.54) is 18.4 Å². The SMILES string of the molecule is COCCN1CCC[C@@H](CNC(=O)N2CCC(c3ccccc3)CC2)C1. The molecule has 2 saturated heterocycles. The van der Waals surface area contributed by atoms with Crippen molar-refractivity contribution in [2.75, 3.05) is 53.0 Å². The molecule has 0 saturated carbocycles. The van der Waals surface area contributed by atoms with Gasteiger partial charge in [0.05, 0.1) is 6.61 Å². The van der Waals surface area contributed by atoms with Crippen LogP contribution in [-0.4, -0.2) is 68.8 Å². The van der Waals surface area contributed by atoms with Gasteiger partial charge < -0.3 is 19.9 Å². The number of benzene rings is 1. The first kappa shape index (κ1) is 19.2. The second-order valence-electron chi connectivity index (χ2n) is 7.66. The number of nitrogens with one attached hydrogen (secondary N) is 1. The van der Waals surface area contributed by atoms with E-state index in [4.69, 9.17) is 4.74 Å². The summed E-state index contributed by atoms with van der Waals surface area (Å²) in [6.45, 7) is 6.51. The molecule has 0 unspecified atom stereocenters. The molecule has 1 aromatic carbocycles. The molecule has 144 valence electrons. The van der Waals surface area contributed by atoms with Gasteiger partial charge in [-0.05, 0) is 49.6 Å². The van der Waals surface area contributed by atoms with Gasteiger partial charge in [-0.1, -0.05) is 30.3 Å². The number of likely N-dealkylation sites (tertiary alicyclic amines) is 2. The number of piperidine rings is 2. The van der Waals surface area contributed by atoms with Crippen LogP contribution in [0, 0.1) is 5.92 Å². The summed E-state index contributed by atoms with van der Waals surface area (Å²) >= 11 is 0. The topological polar surface area (TPSA) is 44.8 Å². The first-order chi connectivity index (χ1) is 12.8. The van der Waals surface area contributed by atoms with Crippen LogP contribution in [0.5, 0.6) is 0 Å². The van der Waals surface area contributed by atoms with Crippen LogP contribution in [0.4, 0.5) is 4.79 Å². The minimum atomic E-state index is 0.116. The quantitative estimate of drug-likeness (QED) is 0.849. The summed E-state index contributed by atoms with van der Waals surface area (Å²) in [5, 5.41) is 3.18. The highest BCUT2D eigenvalue weighted by Gasteiger charge is 2.25. The number of urea groups is 1. The molecule has 5 heteroatoms. The van der Waals surface area contributed by atoms with Crippen molar-refractivity contribution < 1.29 is 9.53 Å². The van der Waals surface area contributed by atoms with Gasteiger partial charge in [0.25, 0.3) is 0 Å². The first-order valence-corrected chi connectivity index (χ1v) is 10.0. The lowest BCUT2D eigenvalue weighted by Gasteiger charge is -2.35.